The highest BCUT2D eigenvalue weighted by molar-refractivity contribution is 6.35. The number of benzene rings is 2. The van der Waals surface area contributed by atoms with Crippen LogP contribution in [-0.2, 0) is 17.9 Å². The number of hydrogen-bond donors (Lipinski definition) is 4. The molecule has 0 atom stereocenters. The van der Waals surface area contributed by atoms with Crippen LogP contribution in [0.5, 0.6) is 0 Å². The average molecular weight is 492 g/mol. The Kier molecular flexibility index (Phi) is 8.67. The van der Waals surface area contributed by atoms with Gasteiger partial charge in [0.05, 0.1) is 26.2 Å². The third-order valence-electron chi connectivity index (χ3n) is 6.92. The lowest BCUT2D eigenvalue weighted by Crippen LogP contribution is -3.13. The van der Waals surface area contributed by atoms with Crippen LogP contribution in [0, 0.1) is 5.92 Å². The maximum absolute atomic E-state index is 11.2. The van der Waals surface area contributed by atoms with E-state index < -0.39 is 0 Å². The van der Waals surface area contributed by atoms with Crippen LogP contribution in [0.15, 0.2) is 36.4 Å². The molecule has 0 unspecified atom stereocenters. The van der Waals surface area contributed by atoms with E-state index in [-0.39, 0.29) is 5.91 Å². The Morgan fingerprint density at radius 1 is 0.879 bits per heavy atom. The predicted molar refractivity (Wildman–Crippen MR) is 135 cm³/mol. The van der Waals surface area contributed by atoms with E-state index in [1.165, 1.54) is 16.7 Å². The number of halogens is 2. The summed E-state index contributed by atoms with van der Waals surface area (Å²) in [5.41, 5.74) is 5.04. The summed E-state index contributed by atoms with van der Waals surface area (Å²) >= 11 is 12.6. The molecule has 0 radical (unpaired) electrons. The summed E-state index contributed by atoms with van der Waals surface area (Å²) in [4.78, 5) is 14.5. The summed E-state index contributed by atoms with van der Waals surface area (Å²) in [5.74, 6) is 0.673. The Morgan fingerprint density at radius 3 is 2.00 bits per heavy atom. The summed E-state index contributed by atoms with van der Waals surface area (Å²) < 4.78 is 0. The van der Waals surface area contributed by atoms with Crippen molar-refractivity contribution < 1.29 is 14.6 Å². The second-order valence-electron chi connectivity index (χ2n) is 9.68. The van der Waals surface area contributed by atoms with E-state index >= 15 is 0 Å². The zero-order valence-corrected chi connectivity index (χ0v) is 21.0. The van der Waals surface area contributed by atoms with Gasteiger partial charge in [0.1, 0.15) is 13.1 Å². The fourth-order valence-electron chi connectivity index (χ4n) is 5.14. The molecule has 2 aliphatic heterocycles. The van der Waals surface area contributed by atoms with Crippen molar-refractivity contribution in [1.82, 2.24) is 10.6 Å². The molecule has 2 aromatic carbocycles. The van der Waals surface area contributed by atoms with E-state index in [0.29, 0.717) is 16.0 Å². The second-order valence-corrected chi connectivity index (χ2v) is 10.6. The van der Waals surface area contributed by atoms with Crippen molar-refractivity contribution in [1.29, 1.82) is 0 Å². The minimum Gasteiger partial charge on any atom is -0.356 e. The number of quaternary nitrogens is 2. The first-order valence-corrected chi connectivity index (χ1v) is 12.9. The Balaban J connectivity index is 1.50. The smallest absolute Gasteiger partial charge is 0.216 e. The zero-order valence-electron chi connectivity index (χ0n) is 19.5. The van der Waals surface area contributed by atoms with Crippen LogP contribution in [0.2, 0.25) is 10.0 Å². The highest BCUT2D eigenvalue weighted by Gasteiger charge is 2.23. The normalized spacial score (nSPS) is 21.7. The van der Waals surface area contributed by atoms with Crippen LogP contribution in [0.3, 0.4) is 0 Å². The molecule has 4 N–H and O–H groups in total. The molecule has 0 spiro atoms. The first-order chi connectivity index (χ1) is 15.9. The van der Waals surface area contributed by atoms with Crippen molar-refractivity contribution in [3.8, 4) is 11.1 Å². The van der Waals surface area contributed by atoms with Gasteiger partial charge in [-0.15, -0.1) is 0 Å². The summed E-state index contributed by atoms with van der Waals surface area (Å²) in [5, 5.41) is 7.78. The quantitative estimate of drug-likeness (QED) is 0.476. The number of piperazine rings is 1. The number of piperidine rings is 1. The van der Waals surface area contributed by atoms with Gasteiger partial charge in [0.25, 0.3) is 0 Å². The van der Waals surface area contributed by atoms with Crippen molar-refractivity contribution in [2.75, 3.05) is 45.8 Å². The van der Waals surface area contributed by atoms with E-state index in [1.54, 1.807) is 22.8 Å². The maximum atomic E-state index is 11.2. The van der Waals surface area contributed by atoms with Crippen LogP contribution < -0.4 is 20.4 Å². The molecule has 33 heavy (non-hydrogen) atoms. The van der Waals surface area contributed by atoms with Crippen molar-refractivity contribution in [2.45, 2.75) is 32.9 Å². The van der Waals surface area contributed by atoms with Gasteiger partial charge in [0.15, 0.2) is 0 Å². The number of carbonyl (C=O) groups excluding carboxylic acids is 1. The molecule has 178 valence electrons. The molecule has 5 nitrogen and oxygen atoms in total. The van der Waals surface area contributed by atoms with Gasteiger partial charge in [-0.1, -0.05) is 23.2 Å². The van der Waals surface area contributed by atoms with Crippen molar-refractivity contribution in [3.63, 3.8) is 0 Å². The van der Waals surface area contributed by atoms with Gasteiger partial charge in [-0.3, -0.25) is 4.79 Å². The largest absolute Gasteiger partial charge is 0.356 e. The van der Waals surface area contributed by atoms with Crippen molar-refractivity contribution in [3.05, 3.63) is 57.6 Å². The van der Waals surface area contributed by atoms with E-state index in [0.717, 1.165) is 77.3 Å². The lowest BCUT2D eigenvalue weighted by atomic mass is 9.95. The number of carbonyl (C=O) groups is 1. The Bertz CT molecular complexity index is 933. The highest BCUT2D eigenvalue weighted by Crippen LogP contribution is 2.28. The number of rotatable bonds is 7. The first kappa shape index (κ1) is 24.5. The minimum absolute atomic E-state index is 0.0712. The molecule has 1 amide bonds. The Morgan fingerprint density at radius 2 is 1.42 bits per heavy atom. The molecule has 4 rings (SSSR count). The van der Waals surface area contributed by atoms with Gasteiger partial charge in [-0.05, 0) is 53.4 Å². The summed E-state index contributed by atoms with van der Waals surface area (Å²) in [7, 11) is 0. The molecule has 0 bridgehead atoms. The fraction of sp³-hybridized carbons (Fsp3) is 0.500. The number of likely N-dealkylation sites (tertiary alicyclic amines) is 1. The molecule has 0 saturated carbocycles. The molecule has 2 saturated heterocycles. The predicted octanol–water partition coefficient (Wildman–Crippen LogP) is 1.58. The number of hydrogen-bond acceptors (Lipinski definition) is 2. The minimum atomic E-state index is 0.0712. The molecular formula is C26H36Cl2N4O+2. The van der Waals surface area contributed by atoms with Gasteiger partial charge < -0.3 is 20.4 Å². The molecule has 2 fully saturated rings. The Hall–Kier alpha value is -1.63. The average Bonchev–Trinajstić information content (AvgIpc) is 2.78. The molecule has 2 aromatic rings. The van der Waals surface area contributed by atoms with Crippen molar-refractivity contribution >= 4 is 29.1 Å². The topological polar surface area (TPSA) is 50.0 Å². The third kappa shape index (κ3) is 7.43. The van der Waals surface area contributed by atoms with Gasteiger partial charge >= 0.3 is 0 Å². The highest BCUT2D eigenvalue weighted by atomic mass is 35.5. The van der Waals surface area contributed by atoms with Gasteiger partial charge in [-0.25, -0.2) is 0 Å². The van der Waals surface area contributed by atoms with E-state index in [4.69, 9.17) is 23.2 Å². The van der Waals surface area contributed by atoms with Crippen molar-refractivity contribution in [2.24, 2.45) is 5.92 Å². The van der Waals surface area contributed by atoms with Crippen LogP contribution in [-0.4, -0.2) is 51.7 Å². The van der Waals surface area contributed by atoms with E-state index in [2.05, 4.69) is 28.8 Å². The van der Waals surface area contributed by atoms with Gasteiger partial charge in [0, 0.05) is 60.6 Å². The monoisotopic (exact) mass is 490 g/mol. The van der Waals surface area contributed by atoms with Crippen LogP contribution in [0.25, 0.3) is 11.1 Å². The van der Waals surface area contributed by atoms with Gasteiger partial charge in [-0.2, -0.15) is 0 Å². The summed E-state index contributed by atoms with van der Waals surface area (Å²) in [6.07, 6.45) is 2.33. The lowest BCUT2D eigenvalue weighted by molar-refractivity contribution is -0.919. The van der Waals surface area contributed by atoms with Crippen LogP contribution in [0.1, 0.15) is 30.9 Å². The summed E-state index contributed by atoms with van der Waals surface area (Å²) in [6.45, 7) is 11.3. The fourth-order valence-corrected chi connectivity index (χ4v) is 5.67. The first-order valence-electron chi connectivity index (χ1n) is 12.2. The SMILES string of the molecule is CC(=O)NCC1CC[NH+](Cc2cc(C[NH+]3CCNCC3)cc(-c3cc(Cl)cc(Cl)c3)c2)CC1. The molecule has 0 aromatic heterocycles. The molecule has 2 heterocycles. The molecule has 2 aliphatic rings. The van der Waals surface area contributed by atoms with E-state index in [1.807, 2.05) is 12.1 Å². The molecular weight excluding hydrogens is 455 g/mol. The maximum Gasteiger partial charge on any atom is 0.216 e. The standard InChI is InChI=1S/C26H34Cl2N4O/c1-19(33)30-16-20-2-6-31(7-3-20)17-21-10-22(18-32-8-4-29-5-9-32)12-23(11-21)24-13-25(27)15-26(28)14-24/h10-15,20,29H,2-9,16-18H2,1H3,(H,30,33)/p+2. The van der Waals surface area contributed by atoms with Crippen LogP contribution in [0.4, 0.5) is 0 Å². The number of amides is 1. The second kappa shape index (κ2) is 11.7. The van der Waals surface area contributed by atoms with E-state index in [9.17, 15) is 4.79 Å². The third-order valence-corrected chi connectivity index (χ3v) is 7.36. The zero-order chi connectivity index (χ0) is 23.2. The lowest BCUT2D eigenvalue weighted by Gasteiger charge is -2.29. The summed E-state index contributed by atoms with van der Waals surface area (Å²) in [6, 6.07) is 12.8. The molecule has 7 heteroatoms. The number of nitrogens with one attached hydrogen (secondary N) is 4. The van der Waals surface area contributed by atoms with Crippen LogP contribution >= 0.6 is 23.2 Å². The molecule has 0 aliphatic carbocycles. The van der Waals surface area contributed by atoms with Gasteiger partial charge in [0.2, 0.25) is 5.91 Å². The Labute approximate surface area is 207 Å².